The molecule has 0 unspecified atom stereocenters. The van der Waals surface area contributed by atoms with E-state index in [2.05, 4.69) is 0 Å². The van der Waals surface area contributed by atoms with Gasteiger partial charge in [0.2, 0.25) is 0 Å². The zero-order chi connectivity index (χ0) is 14.1. The van der Waals surface area contributed by atoms with Gasteiger partial charge in [0.15, 0.2) is 5.92 Å². The van der Waals surface area contributed by atoms with Crippen LogP contribution in [0.3, 0.4) is 0 Å². The summed E-state index contributed by atoms with van der Waals surface area (Å²) in [5.74, 6) is -1.85. The van der Waals surface area contributed by atoms with Gasteiger partial charge in [-0.2, -0.15) is 0 Å². The van der Waals surface area contributed by atoms with Gasteiger partial charge in [-0.3, -0.25) is 9.59 Å². The number of aliphatic hydroxyl groups is 1. The zero-order valence-electron chi connectivity index (χ0n) is 11.6. The molecule has 1 N–H and O–H groups in total. The van der Waals surface area contributed by atoms with E-state index in [1.807, 2.05) is 27.7 Å². The SMILES string of the molecule is CC(C)COC(=O)C(CCO)C(=O)OCC(C)C. The predicted molar refractivity (Wildman–Crippen MR) is 66.8 cm³/mol. The molecule has 0 atom stereocenters. The van der Waals surface area contributed by atoms with Gasteiger partial charge in [0.25, 0.3) is 0 Å². The molecule has 0 aliphatic heterocycles. The number of hydrogen-bond acceptors (Lipinski definition) is 5. The van der Waals surface area contributed by atoms with E-state index in [1.54, 1.807) is 0 Å². The Hall–Kier alpha value is -1.10. The molecule has 0 aromatic rings. The maximum atomic E-state index is 11.7. The van der Waals surface area contributed by atoms with Gasteiger partial charge in [-0.05, 0) is 18.3 Å². The highest BCUT2D eigenvalue weighted by atomic mass is 16.6. The Balaban J connectivity index is 4.34. The number of aliphatic hydroxyl groups excluding tert-OH is 1. The molecule has 0 saturated heterocycles. The van der Waals surface area contributed by atoms with Gasteiger partial charge in [-0.15, -0.1) is 0 Å². The lowest BCUT2D eigenvalue weighted by Crippen LogP contribution is -2.30. The van der Waals surface area contributed by atoms with Gasteiger partial charge in [-0.25, -0.2) is 0 Å². The normalized spacial score (nSPS) is 11.1. The molecule has 0 amide bonds. The van der Waals surface area contributed by atoms with E-state index in [9.17, 15) is 9.59 Å². The lowest BCUT2D eigenvalue weighted by molar-refractivity contribution is -0.164. The minimum Gasteiger partial charge on any atom is -0.465 e. The molecule has 0 fully saturated rings. The Labute approximate surface area is 108 Å². The Morgan fingerprint density at radius 1 is 0.944 bits per heavy atom. The fraction of sp³-hybridized carbons (Fsp3) is 0.846. The monoisotopic (exact) mass is 260 g/mol. The molecule has 0 spiro atoms. The van der Waals surface area contributed by atoms with Crippen molar-refractivity contribution in [3.63, 3.8) is 0 Å². The summed E-state index contributed by atoms with van der Waals surface area (Å²) in [5, 5.41) is 8.87. The molecule has 0 aromatic heterocycles. The van der Waals surface area contributed by atoms with Crippen LogP contribution in [0.15, 0.2) is 0 Å². The van der Waals surface area contributed by atoms with Gasteiger partial charge in [-0.1, -0.05) is 27.7 Å². The minimum absolute atomic E-state index is 0.0356. The summed E-state index contributed by atoms with van der Waals surface area (Å²) >= 11 is 0. The number of ether oxygens (including phenoxy) is 2. The third kappa shape index (κ3) is 7.27. The van der Waals surface area contributed by atoms with Crippen LogP contribution in [-0.4, -0.2) is 36.9 Å². The van der Waals surface area contributed by atoms with Crippen LogP contribution in [0.4, 0.5) is 0 Å². The third-order valence-electron chi connectivity index (χ3n) is 2.10. The van der Waals surface area contributed by atoms with Gasteiger partial charge < -0.3 is 14.6 Å². The second kappa shape index (κ2) is 8.91. The van der Waals surface area contributed by atoms with Crippen LogP contribution in [0.25, 0.3) is 0 Å². The van der Waals surface area contributed by atoms with Crippen LogP contribution < -0.4 is 0 Å². The van der Waals surface area contributed by atoms with Crippen molar-refractivity contribution in [3.8, 4) is 0 Å². The maximum Gasteiger partial charge on any atom is 0.320 e. The van der Waals surface area contributed by atoms with Crippen LogP contribution in [0.1, 0.15) is 34.1 Å². The Kier molecular flexibility index (Phi) is 8.37. The molecule has 0 bridgehead atoms. The standard InChI is InChI=1S/C13H24O5/c1-9(2)7-17-12(15)11(5-6-14)13(16)18-8-10(3)4/h9-11,14H,5-8H2,1-4H3. The van der Waals surface area contributed by atoms with Gasteiger partial charge in [0.05, 0.1) is 13.2 Å². The van der Waals surface area contributed by atoms with Gasteiger partial charge in [0, 0.05) is 6.61 Å². The minimum atomic E-state index is -1.02. The summed E-state index contributed by atoms with van der Waals surface area (Å²) in [5.41, 5.74) is 0. The highest BCUT2D eigenvalue weighted by Crippen LogP contribution is 2.10. The molecule has 106 valence electrons. The van der Waals surface area contributed by atoms with Crippen molar-refractivity contribution < 1.29 is 24.2 Å². The largest absolute Gasteiger partial charge is 0.465 e. The van der Waals surface area contributed by atoms with Crippen molar-refractivity contribution in [2.45, 2.75) is 34.1 Å². The molecule has 0 aliphatic rings. The van der Waals surface area contributed by atoms with Crippen molar-refractivity contribution in [1.82, 2.24) is 0 Å². The summed E-state index contributed by atoms with van der Waals surface area (Å²) in [7, 11) is 0. The average Bonchev–Trinajstić information content (AvgIpc) is 2.29. The Morgan fingerprint density at radius 2 is 1.33 bits per heavy atom. The number of rotatable bonds is 8. The fourth-order valence-corrected chi connectivity index (χ4v) is 1.16. The molecule has 5 heteroatoms. The molecule has 18 heavy (non-hydrogen) atoms. The van der Waals surface area contributed by atoms with Crippen molar-refractivity contribution >= 4 is 11.9 Å². The molecular formula is C13H24O5. The van der Waals surface area contributed by atoms with Crippen LogP contribution >= 0.6 is 0 Å². The van der Waals surface area contributed by atoms with Crippen LogP contribution in [0.2, 0.25) is 0 Å². The molecule has 0 radical (unpaired) electrons. The van der Waals surface area contributed by atoms with Crippen molar-refractivity contribution in [2.24, 2.45) is 17.8 Å². The topological polar surface area (TPSA) is 72.8 Å². The Bertz CT molecular complexity index is 236. The quantitative estimate of drug-likeness (QED) is 0.527. The van der Waals surface area contributed by atoms with Crippen LogP contribution in [0, 0.1) is 17.8 Å². The van der Waals surface area contributed by atoms with E-state index in [0.717, 1.165) is 0 Å². The number of carbonyl (C=O) groups is 2. The second-order valence-electron chi connectivity index (χ2n) is 5.11. The zero-order valence-corrected chi connectivity index (χ0v) is 11.6. The Morgan fingerprint density at radius 3 is 1.61 bits per heavy atom. The first kappa shape index (κ1) is 16.9. The lowest BCUT2D eigenvalue weighted by atomic mass is 10.1. The van der Waals surface area contributed by atoms with Crippen molar-refractivity contribution in [3.05, 3.63) is 0 Å². The van der Waals surface area contributed by atoms with Gasteiger partial charge >= 0.3 is 11.9 Å². The first-order chi connectivity index (χ1) is 8.38. The van der Waals surface area contributed by atoms with Crippen molar-refractivity contribution in [2.75, 3.05) is 19.8 Å². The number of carbonyl (C=O) groups excluding carboxylic acids is 2. The second-order valence-corrected chi connectivity index (χ2v) is 5.11. The summed E-state index contributed by atoms with van der Waals surface area (Å²) in [6, 6.07) is 0. The summed E-state index contributed by atoms with van der Waals surface area (Å²) in [4.78, 5) is 23.4. The van der Waals surface area contributed by atoms with E-state index in [1.165, 1.54) is 0 Å². The molecular weight excluding hydrogens is 236 g/mol. The smallest absolute Gasteiger partial charge is 0.320 e. The average molecular weight is 260 g/mol. The number of hydrogen-bond donors (Lipinski definition) is 1. The van der Waals surface area contributed by atoms with E-state index >= 15 is 0 Å². The summed E-state index contributed by atoms with van der Waals surface area (Å²) in [6.07, 6.45) is 0.0356. The predicted octanol–water partition coefficient (Wildman–Crippen LogP) is 1.38. The first-order valence-corrected chi connectivity index (χ1v) is 6.32. The first-order valence-electron chi connectivity index (χ1n) is 6.32. The van der Waals surface area contributed by atoms with E-state index in [4.69, 9.17) is 14.6 Å². The highest BCUT2D eigenvalue weighted by Gasteiger charge is 2.29. The molecule has 0 rings (SSSR count). The molecule has 5 nitrogen and oxygen atoms in total. The molecule has 0 saturated carbocycles. The lowest BCUT2D eigenvalue weighted by Gasteiger charge is -2.16. The van der Waals surface area contributed by atoms with Crippen molar-refractivity contribution in [1.29, 1.82) is 0 Å². The molecule has 0 heterocycles. The van der Waals surface area contributed by atoms with Crippen LogP contribution in [0.5, 0.6) is 0 Å². The van der Waals surface area contributed by atoms with E-state index < -0.39 is 17.9 Å². The van der Waals surface area contributed by atoms with E-state index in [-0.39, 0.29) is 38.1 Å². The highest BCUT2D eigenvalue weighted by molar-refractivity contribution is 5.94. The molecule has 0 aromatic carbocycles. The molecule has 0 aliphatic carbocycles. The van der Waals surface area contributed by atoms with Crippen LogP contribution in [-0.2, 0) is 19.1 Å². The summed E-state index contributed by atoms with van der Waals surface area (Å²) < 4.78 is 9.99. The third-order valence-corrected chi connectivity index (χ3v) is 2.10. The maximum absolute atomic E-state index is 11.7. The summed E-state index contributed by atoms with van der Waals surface area (Å²) in [6.45, 7) is 7.91. The van der Waals surface area contributed by atoms with Gasteiger partial charge in [0.1, 0.15) is 0 Å². The van der Waals surface area contributed by atoms with E-state index in [0.29, 0.717) is 0 Å². The fourth-order valence-electron chi connectivity index (χ4n) is 1.16. The number of esters is 2.